The SMILES string of the molecule is COC(=O)[C@H]1[C@@H](OC=O)[C@@]2(O)c3c(OC)cc(OC)cc3O[C@@]2(c2ccc(OC)c(O)c2)[C@H]1c1ccccc1. The van der Waals surface area contributed by atoms with Crippen LogP contribution in [0.5, 0.6) is 28.7 Å². The summed E-state index contributed by atoms with van der Waals surface area (Å²) in [6.45, 7) is 0.177. The third kappa shape index (κ3) is 3.51. The van der Waals surface area contributed by atoms with Gasteiger partial charge < -0.3 is 38.6 Å². The van der Waals surface area contributed by atoms with E-state index < -0.39 is 35.1 Å². The van der Waals surface area contributed by atoms with Crippen LogP contribution in [-0.4, -0.2) is 57.2 Å². The summed E-state index contributed by atoms with van der Waals surface area (Å²) in [5.74, 6) is -2.21. The predicted octanol–water partition coefficient (Wildman–Crippen LogP) is 3.02. The van der Waals surface area contributed by atoms with Crippen molar-refractivity contribution in [2.24, 2.45) is 5.92 Å². The van der Waals surface area contributed by atoms with Crippen LogP contribution in [0.25, 0.3) is 0 Å². The number of aromatic hydroxyl groups is 1. The van der Waals surface area contributed by atoms with Crippen LogP contribution in [-0.2, 0) is 30.3 Å². The van der Waals surface area contributed by atoms with Gasteiger partial charge in [-0.2, -0.15) is 0 Å². The van der Waals surface area contributed by atoms with Gasteiger partial charge in [0.2, 0.25) is 0 Å². The molecule has 0 unspecified atom stereocenters. The predicted molar refractivity (Wildman–Crippen MR) is 136 cm³/mol. The van der Waals surface area contributed by atoms with Crippen molar-refractivity contribution in [1.29, 1.82) is 0 Å². The molecule has 1 aliphatic carbocycles. The maximum Gasteiger partial charge on any atom is 0.313 e. The summed E-state index contributed by atoms with van der Waals surface area (Å²) < 4.78 is 33.8. The van der Waals surface area contributed by atoms with Crippen molar-refractivity contribution in [3.63, 3.8) is 0 Å². The second kappa shape index (κ2) is 9.70. The van der Waals surface area contributed by atoms with E-state index in [-0.39, 0.29) is 35.0 Å². The molecule has 0 aromatic heterocycles. The number of fused-ring (bicyclic) bond motifs is 3. The van der Waals surface area contributed by atoms with E-state index >= 15 is 0 Å². The smallest absolute Gasteiger partial charge is 0.313 e. The lowest BCUT2D eigenvalue weighted by Gasteiger charge is -2.41. The summed E-state index contributed by atoms with van der Waals surface area (Å²) in [4.78, 5) is 25.4. The van der Waals surface area contributed by atoms with Crippen LogP contribution in [0.3, 0.4) is 0 Å². The Bertz CT molecular complexity index is 1410. The molecule has 0 radical (unpaired) electrons. The molecule has 1 heterocycles. The first-order chi connectivity index (χ1) is 18.8. The van der Waals surface area contributed by atoms with Gasteiger partial charge in [-0.3, -0.25) is 9.59 Å². The zero-order valence-electron chi connectivity index (χ0n) is 21.7. The van der Waals surface area contributed by atoms with Gasteiger partial charge in [0, 0.05) is 23.6 Å². The van der Waals surface area contributed by atoms with Crippen LogP contribution in [0.2, 0.25) is 0 Å². The number of phenolic OH excluding ortho intramolecular Hbond substituents is 1. The third-order valence-electron chi connectivity index (χ3n) is 7.69. The van der Waals surface area contributed by atoms with Gasteiger partial charge in [0.05, 0.1) is 34.0 Å². The lowest BCUT2D eigenvalue weighted by molar-refractivity contribution is -0.177. The molecule has 10 nitrogen and oxygen atoms in total. The number of aliphatic hydroxyl groups is 1. The number of phenols is 1. The lowest BCUT2D eigenvalue weighted by Crippen LogP contribution is -2.52. The summed E-state index contributed by atoms with van der Waals surface area (Å²) >= 11 is 0. The summed E-state index contributed by atoms with van der Waals surface area (Å²) in [6.07, 6.45) is -1.49. The molecule has 1 saturated carbocycles. The molecular weight excluding hydrogens is 508 g/mol. The highest BCUT2D eigenvalue weighted by atomic mass is 16.6. The molecule has 5 rings (SSSR count). The van der Waals surface area contributed by atoms with Crippen molar-refractivity contribution in [2.45, 2.75) is 23.2 Å². The van der Waals surface area contributed by atoms with Crippen LogP contribution < -0.4 is 18.9 Å². The molecule has 2 N–H and O–H groups in total. The van der Waals surface area contributed by atoms with Gasteiger partial charge in [-0.05, 0) is 17.7 Å². The van der Waals surface area contributed by atoms with Gasteiger partial charge in [0.15, 0.2) is 28.8 Å². The Labute approximate surface area is 224 Å². The maximum absolute atomic E-state index is 13.5. The van der Waals surface area contributed by atoms with E-state index in [0.29, 0.717) is 16.9 Å². The van der Waals surface area contributed by atoms with Crippen LogP contribution in [0, 0.1) is 5.92 Å². The molecule has 1 fully saturated rings. The van der Waals surface area contributed by atoms with Crippen molar-refractivity contribution in [2.75, 3.05) is 28.4 Å². The Hall–Kier alpha value is -4.44. The first-order valence-corrected chi connectivity index (χ1v) is 12.1. The van der Waals surface area contributed by atoms with E-state index in [1.165, 1.54) is 40.6 Å². The van der Waals surface area contributed by atoms with Crippen molar-refractivity contribution in [3.05, 3.63) is 77.4 Å². The monoisotopic (exact) mass is 536 g/mol. The van der Waals surface area contributed by atoms with E-state index in [4.69, 9.17) is 28.4 Å². The Morgan fingerprint density at radius 2 is 1.67 bits per heavy atom. The lowest BCUT2D eigenvalue weighted by atomic mass is 9.70. The molecule has 3 aromatic rings. The minimum atomic E-state index is -2.21. The molecule has 0 amide bonds. The summed E-state index contributed by atoms with van der Waals surface area (Å²) in [7, 11) is 5.51. The van der Waals surface area contributed by atoms with Crippen molar-refractivity contribution < 1.29 is 48.2 Å². The normalized spacial score (nSPS) is 26.5. The Morgan fingerprint density at radius 3 is 2.26 bits per heavy atom. The zero-order chi connectivity index (χ0) is 27.9. The van der Waals surface area contributed by atoms with Gasteiger partial charge in [0.1, 0.15) is 23.2 Å². The highest BCUT2D eigenvalue weighted by Gasteiger charge is 2.79. The molecule has 0 spiro atoms. The number of hydrogen-bond donors (Lipinski definition) is 2. The van der Waals surface area contributed by atoms with E-state index in [0.717, 1.165) is 0 Å². The number of rotatable bonds is 8. The standard InChI is InChI=1S/C29H28O10/c1-34-18-13-21(36-3)25-22(14-18)39-29(17-10-11-20(35-2)19(31)12-17)24(16-8-6-5-7-9-16)23(27(32)37-4)26(38-15-30)28(25,29)33/h5-15,23-24,26,31,33H,1-4H3/t23-,24+,26-,28+,29+/m1/s1. The fourth-order valence-electron chi connectivity index (χ4n) is 6.20. The molecule has 2 aliphatic rings. The fourth-order valence-corrected chi connectivity index (χ4v) is 6.20. The first-order valence-electron chi connectivity index (χ1n) is 12.1. The number of ether oxygens (including phenoxy) is 6. The van der Waals surface area contributed by atoms with Gasteiger partial charge in [-0.1, -0.05) is 36.4 Å². The molecule has 39 heavy (non-hydrogen) atoms. The van der Waals surface area contributed by atoms with Crippen LogP contribution >= 0.6 is 0 Å². The molecule has 5 atom stereocenters. The quantitative estimate of drug-likeness (QED) is 0.327. The largest absolute Gasteiger partial charge is 0.504 e. The minimum absolute atomic E-state index is 0.153. The summed E-state index contributed by atoms with van der Waals surface area (Å²) in [5.41, 5.74) is -2.99. The molecule has 10 heteroatoms. The molecule has 3 aromatic carbocycles. The van der Waals surface area contributed by atoms with E-state index in [9.17, 15) is 19.8 Å². The Morgan fingerprint density at radius 1 is 0.949 bits per heavy atom. The van der Waals surface area contributed by atoms with Gasteiger partial charge >= 0.3 is 5.97 Å². The highest BCUT2D eigenvalue weighted by molar-refractivity contribution is 5.79. The molecule has 0 bridgehead atoms. The number of carbonyl (C=O) groups excluding carboxylic acids is 2. The van der Waals surface area contributed by atoms with Gasteiger partial charge in [-0.15, -0.1) is 0 Å². The Balaban J connectivity index is 1.94. The second-order valence-corrected chi connectivity index (χ2v) is 9.28. The van der Waals surface area contributed by atoms with Crippen LogP contribution in [0.15, 0.2) is 60.7 Å². The number of benzene rings is 3. The van der Waals surface area contributed by atoms with Crippen molar-refractivity contribution in [3.8, 4) is 28.7 Å². The highest BCUT2D eigenvalue weighted by Crippen LogP contribution is 2.71. The van der Waals surface area contributed by atoms with Crippen LogP contribution in [0.1, 0.15) is 22.6 Å². The molecule has 204 valence electrons. The molecule has 0 saturated heterocycles. The maximum atomic E-state index is 13.5. The summed E-state index contributed by atoms with van der Waals surface area (Å²) in [5, 5.41) is 23.8. The van der Waals surface area contributed by atoms with E-state index in [1.54, 1.807) is 48.5 Å². The Kier molecular flexibility index (Phi) is 6.51. The van der Waals surface area contributed by atoms with Gasteiger partial charge in [-0.25, -0.2) is 0 Å². The number of methoxy groups -OCH3 is 4. The molecule has 1 aliphatic heterocycles. The molecular formula is C29H28O10. The van der Waals surface area contributed by atoms with Gasteiger partial charge in [0.25, 0.3) is 6.47 Å². The first kappa shape index (κ1) is 26.2. The number of esters is 1. The van der Waals surface area contributed by atoms with Crippen molar-refractivity contribution in [1.82, 2.24) is 0 Å². The van der Waals surface area contributed by atoms with E-state index in [2.05, 4.69) is 0 Å². The topological polar surface area (TPSA) is 130 Å². The fraction of sp³-hybridized carbons (Fsp3) is 0.310. The number of carbonyl (C=O) groups is 2. The number of hydrogen-bond acceptors (Lipinski definition) is 10. The minimum Gasteiger partial charge on any atom is -0.504 e. The van der Waals surface area contributed by atoms with Crippen LogP contribution in [0.4, 0.5) is 0 Å². The van der Waals surface area contributed by atoms with Crippen molar-refractivity contribution >= 4 is 12.4 Å². The van der Waals surface area contributed by atoms with E-state index in [1.807, 2.05) is 0 Å². The average molecular weight is 537 g/mol. The average Bonchev–Trinajstić information content (AvgIpc) is 3.35. The second-order valence-electron chi connectivity index (χ2n) is 9.28. The third-order valence-corrected chi connectivity index (χ3v) is 7.69. The zero-order valence-corrected chi connectivity index (χ0v) is 21.7. The summed E-state index contributed by atoms with van der Waals surface area (Å²) in [6, 6.07) is 16.6.